The number of hydrogen-bond acceptors (Lipinski definition) is 1. The van der Waals surface area contributed by atoms with Gasteiger partial charge in [0.2, 0.25) is 0 Å². The molecule has 0 N–H and O–H groups in total. The first-order chi connectivity index (χ1) is 6.95. The van der Waals surface area contributed by atoms with E-state index in [4.69, 9.17) is 0 Å². The van der Waals surface area contributed by atoms with Crippen LogP contribution in [-0.2, 0) is 0 Å². The van der Waals surface area contributed by atoms with Gasteiger partial charge >= 0.3 is 0 Å². The topological polar surface area (TPSA) is 12.4 Å². The third-order valence-corrected chi connectivity index (χ3v) is 2.84. The quantitative estimate of drug-likeness (QED) is 0.621. The fourth-order valence-corrected chi connectivity index (χ4v) is 1.99. The SMILES string of the molecule is C(=N\c1ccccc1)/C1CCCCC1. The molecule has 1 saturated carbocycles. The predicted octanol–water partition coefficient (Wildman–Crippen LogP) is 3.97. The molecule has 1 aromatic rings. The molecule has 1 heteroatoms. The molecule has 1 fully saturated rings. The van der Waals surface area contributed by atoms with E-state index in [1.165, 1.54) is 32.1 Å². The van der Waals surface area contributed by atoms with Gasteiger partial charge in [0.05, 0.1) is 5.69 Å². The van der Waals surface area contributed by atoms with E-state index < -0.39 is 0 Å². The van der Waals surface area contributed by atoms with Crippen LogP contribution < -0.4 is 0 Å². The number of nitrogens with zero attached hydrogens (tertiary/aromatic N) is 1. The second-order valence-corrected chi connectivity index (χ2v) is 4.01. The average molecular weight is 187 g/mol. The standard InChI is InChI=1S/C13H17N/c1-3-7-12(8-4-1)11-14-13-9-5-2-6-10-13/h2,5-6,9-12H,1,3-4,7-8H2/b14-11+. The molecule has 1 aliphatic rings. The first kappa shape index (κ1) is 9.45. The van der Waals surface area contributed by atoms with Crippen LogP contribution >= 0.6 is 0 Å². The molecule has 0 aliphatic heterocycles. The maximum atomic E-state index is 4.50. The van der Waals surface area contributed by atoms with E-state index in [0.29, 0.717) is 0 Å². The number of para-hydroxylation sites is 1. The molecule has 0 heterocycles. The Kier molecular flexibility index (Phi) is 3.33. The van der Waals surface area contributed by atoms with E-state index >= 15 is 0 Å². The van der Waals surface area contributed by atoms with E-state index in [-0.39, 0.29) is 0 Å². The average Bonchev–Trinajstić information content (AvgIpc) is 2.29. The van der Waals surface area contributed by atoms with Gasteiger partial charge in [-0.3, -0.25) is 4.99 Å². The number of hydrogen-bond donors (Lipinski definition) is 0. The van der Waals surface area contributed by atoms with Gasteiger partial charge in [0.15, 0.2) is 0 Å². The smallest absolute Gasteiger partial charge is 0.0625 e. The van der Waals surface area contributed by atoms with Crippen LogP contribution in [0.25, 0.3) is 0 Å². The van der Waals surface area contributed by atoms with Gasteiger partial charge in [0, 0.05) is 6.21 Å². The molecule has 1 nitrogen and oxygen atoms in total. The Balaban J connectivity index is 1.93. The molecular formula is C13H17N. The molecule has 0 atom stereocenters. The largest absolute Gasteiger partial charge is 0.261 e. The van der Waals surface area contributed by atoms with Gasteiger partial charge in [-0.05, 0) is 30.9 Å². The molecule has 2 rings (SSSR count). The van der Waals surface area contributed by atoms with Crippen LogP contribution in [0.3, 0.4) is 0 Å². The lowest BCUT2D eigenvalue weighted by Gasteiger charge is -2.16. The van der Waals surface area contributed by atoms with Crippen LogP contribution in [-0.4, -0.2) is 6.21 Å². The summed E-state index contributed by atoms with van der Waals surface area (Å²) in [4.78, 5) is 4.50. The Morgan fingerprint density at radius 1 is 1.00 bits per heavy atom. The minimum absolute atomic E-state index is 0.726. The van der Waals surface area contributed by atoms with Crippen molar-refractivity contribution in [1.29, 1.82) is 0 Å². The summed E-state index contributed by atoms with van der Waals surface area (Å²) in [5.41, 5.74) is 1.08. The normalized spacial score (nSPS) is 18.9. The van der Waals surface area contributed by atoms with Gasteiger partial charge in [0.1, 0.15) is 0 Å². The number of benzene rings is 1. The highest BCUT2D eigenvalue weighted by atomic mass is 14.7. The summed E-state index contributed by atoms with van der Waals surface area (Å²) in [5, 5.41) is 0. The van der Waals surface area contributed by atoms with E-state index in [1.807, 2.05) is 18.2 Å². The molecule has 0 bridgehead atoms. The number of aliphatic imine (C=N–C) groups is 1. The molecule has 1 aliphatic carbocycles. The zero-order valence-corrected chi connectivity index (χ0v) is 8.52. The van der Waals surface area contributed by atoms with Crippen molar-refractivity contribution in [3.05, 3.63) is 30.3 Å². The lowest BCUT2D eigenvalue weighted by molar-refractivity contribution is 0.445. The van der Waals surface area contributed by atoms with Crippen molar-refractivity contribution in [2.45, 2.75) is 32.1 Å². The number of rotatable bonds is 2. The molecule has 0 unspecified atom stereocenters. The summed E-state index contributed by atoms with van der Waals surface area (Å²) in [6, 6.07) is 10.2. The Labute approximate surface area is 85.9 Å². The van der Waals surface area contributed by atoms with Crippen LogP contribution in [0.2, 0.25) is 0 Å². The highest BCUT2D eigenvalue weighted by molar-refractivity contribution is 5.65. The fourth-order valence-electron chi connectivity index (χ4n) is 1.99. The summed E-state index contributed by atoms with van der Waals surface area (Å²) >= 11 is 0. The highest BCUT2D eigenvalue weighted by Crippen LogP contribution is 2.22. The van der Waals surface area contributed by atoms with E-state index in [0.717, 1.165) is 11.6 Å². The maximum Gasteiger partial charge on any atom is 0.0625 e. The Bertz CT molecular complexity index is 283. The van der Waals surface area contributed by atoms with Crippen molar-refractivity contribution in [2.75, 3.05) is 0 Å². The second-order valence-electron chi connectivity index (χ2n) is 4.01. The molecule has 0 saturated heterocycles. The van der Waals surface area contributed by atoms with E-state index in [2.05, 4.69) is 23.3 Å². The van der Waals surface area contributed by atoms with Crippen molar-refractivity contribution >= 4 is 11.9 Å². The van der Waals surface area contributed by atoms with E-state index in [1.54, 1.807) is 0 Å². The Hall–Kier alpha value is -1.11. The molecule has 0 radical (unpaired) electrons. The van der Waals surface area contributed by atoms with Gasteiger partial charge in [-0.2, -0.15) is 0 Å². The van der Waals surface area contributed by atoms with Crippen molar-refractivity contribution < 1.29 is 0 Å². The maximum absolute atomic E-state index is 4.50. The van der Waals surface area contributed by atoms with Gasteiger partial charge < -0.3 is 0 Å². The van der Waals surface area contributed by atoms with Gasteiger partial charge in [0.25, 0.3) is 0 Å². The molecule has 0 aromatic heterocycles. The first-order valence-electron chi connectivity index (χ1n) is 5.54. The van der Waals surface area contributed by atoms with Crippen molar-refractivity contribution in [2.24, 2.45) is 10.9 Å². The van der Waals surface area contributed by atoms with Crippen molar-refractivity contribution in [1.82, 2.24) is 0 Å². The molecule has 74 valence electrons. The van der Waals surface area contributed by atoms with Gasteiger partial charge in [-0.1, -0.05) is 37.5 Å². The Morgan fingerprint density at radius 2 is 1.71 bits per heavy atom. The summed E-state index contributed by atoms with van der Waals surface area (Å²) < 4.78 is 0. The summed E-state index contributed by atoms with van der Waals surface area (Å²) in [6.45, 7) is 0. The molecule has 0 amide bonds. The third-order valence-electron chi connectivity index (χ3n) is 2.84. The molecule has 1 aromatic carbocycles. The minimum Gasteiger partial charge on any atom is -0.261 e. The highest BCUT2D eigenvalue weighted by Gasteiger charge is 2.10. The fraction of sp³-hybridized carbons (Fsp3) is 0.462. The zero-order chi connectivity index (χ0) is 9.64. The van der Waals surface area contributed by atoms with Crippen LogP contribution in [0.1, 0.15) is 32.1 Å². The molecular weight excluding hydrogens is 170 g/mol. The second kappa shape index (κ2) is 4.94. The van der Waals surface area contributed by atoms with Crippen molar-refractivity contribution in [3.63, 3.8) is 0 Å². The zero-order valence-electron chi connectivity index (χ0n) is 8.52. The van der Waals surface area contributed by atoms with E-state index in [9.17, 15) is 0 Å². The van der Waals surface area contributed by atoms with Gasteiger partial charge in [-0.15, -0.1) is 0 Å². The van der Waals surface area contributed by atoms with Crippen LogP contribution in [0, 0.1) is 5.92 Å². The van der Waals surface area contributed by atoms with Crippen molar-refractivity contribution in [3.8, 4) is 0 Å². The summed E-state index contributed by atoms with van der Waals surface area (Å²) in [6.07, 6.45) is 8.98. The molecule has 0 spiro atoms. The first-order valence-corrected chi connectivity index (χ1v) is 5.54. The van der Waals surface area contributed by atoms with Crippen LogP contribution in [0.15, 0.2) is 35.3 Å². The lowest BCUT2D eigenvalue weighted by Crippen LogP contribution is -2.06. The Morgan fingerprint density at radius 3 is 2.43 bits per heavy atom. The minimum atomic E-state index is 0.726. The van der Waals surface area contributed by atoms with Gasteiger partial charge in [-0.25, -0.2) is 0 Å². The van der Waals surface area contributed by atoms with Crippen LogP contribution in [0.5, 0.6) is 0 Å². The molecule has 14 heavy (non-hydrogen) atoms. The lowest BCUT2D eigenvalue weighted by atomic mass is 9.90. The third kappa shape index (κ3) is 2.69. The predicted molar refractivity (Wildman–Crippen MR) is 61.2 cm³/mol. The summed E-state index contributed by atoms with van der Waals surface area (Å²) in [5.74, 6) is 0.726. The van der Waals surface area contributed by atoms with Crippen LogP contribution in [0.4, 0.5) is 5.69 Å². The monoisotopic (exact) mass is 187 g/mol. The summed E-state index contributed by atoms with van der Waals surface area (Å²) in [7, 11) is 0.